The molecule has 8 nitrogen and oxygen atoms in total. The molecule has 5 aromatic rings. The lowest BCUT2D eigenvalue weighted by molar-refractivity contribution is 0.0953. The molecule has 0 aliphatic rings. The molecular weight excluding hydrogens is 476 g/mol. The van der Waals surface area contributed by atoms with Crippen molar-refractivity contribution >= 4 is 40.1 Å². The Bertz CT molecular complexity index is 1650. The number of nitrogens with two attached hydrogens (primary N) is 1. The Morgan fingerprint density at radius 2 is 1.66 bits per heavy atom. The van der Waals surface area contributed by atoms with Crippen LogP contribution < -0.4 is 15.8 Å². The lowest BCUT2D eigenvalue weighted by atomic mass is 9.87. The highest BCUT2D eigenvalue weighted by Crippen LogP contribution is 2.28. The number of hydrogen-bond donors (Lipinski definition) is 2. The van der Waals surface area contributed by atoms with E-state index in [-0.39, 0.29) is 22.7 Å². The van der Waals surface area contributed by atoms with Gasteiger partial charge in [0.15, 0.2) is 5.65 Å². The number of fused-ring (bicyclic) bond motifs is 2. The minimum absolute atomic E-state index is 0.0570. The number of carbonyl (C=O) groups excluding carboxylic acids is 1. The number of anilines is 1. The highest BCUT2D eigenvalue weighted by atomic mass is 16.5. The second-order valence-corrected chi connectivity index (χ2v) is 10.1. The Balaban J connectivity index is 1.52. The molecule has 0 atom stereocenters. The summed E-state index contributed by atoms with van der Waals surface area (Å²) in [6.45, 7) is 6.84. The van der Waals surface area contributed by atoms with Crippen molar-refractivity contribution in [1.82, 2.24) is 20.0 Å². The first-order valence-corrected chi connectivity index (χ1v) is 12.4. The summed E-state index contributed by atoms with van der Waals surface area (Å²) in [5.74, 6) is 0.571. The van der Waals surface area contributed by atoms with Crippen molar-refractivity contribution < 1.29 is 9.53 Å². The number of rotatable bonds is 6. The minimum atomic E-state index is -0.351. The van der Waals surface area contributed by atoms with E-state index < -0.39 is 0 Å². The second-order valence-electron chi connectivity index (χ2n) is 10.1. The Labute approximate surface area is 221 Å². The predicted molar refractivity (Wildman–Crippen MR) is 152 cm³/mol. The molecule has 0 unspecified atom stereocenters. The van der Waals surface area contributed by atoms with Crippen LogP contribution in [0.4, 0.5) is 5.82 Å². The number of nitrogen functional groups attached to an aromatic ring is 1. The maximum atomic E-state index is 13.4. The number of amides is 1. The van der Waals surface area contributed by atoms with E-state index in [2.05, 4.69) is 43.3 Å². The van der Waals surface area contributed by atoms with E-state index in [1.807, 2.05) is 60.7 Å². The van der Waals surface area contributed by atoms with E-state index in [1.54, 1.807) is 13.3 Å². The van der Waals surface area contributed by atoms with Crippen LogP contribution in [0, 0.1) is 0 Å². The number of hydrogen-bond acceptors (Lipinski definition) is 6. The highest BCUT2D eigenvalue weighted by Gasteiger charge is 2.24. The molecule has 0 aliphatic heterocycles. The molecule has 5 rings (SSSR count). The molecule has 2 aromatic heterocycles. The molecule has 0 saturated carbocycles. The van der Waals surface area contributed by atoms with Crippen molar-refractivity contribution in [2.45, 2.75) is 32.7 Å². The van der Waals surface area contributed by atoms with Gasteiger partial charge in [-0.05, 0) is 46.4 Å². The van der Waals surface area contributed by atoms with Gasteiger partial charge < -0.3 is 15.8 Å². The quantitative estimate of drug-likeness (QED) is 0.305. The zero-order valence-corrected chi connectivity index (χ0v) is 21.9. The van der Waals surface area contributed by atoms with Crippen molar-refractivity contribution in [3.63, 3.8) is 0 Å². The van der Waals surface area contributed by atoms with E-state index >= 15 is 0 Å². The van der Waals surface area contributed by atoms with Gasteiger partial charge in [0.2, 0.25) is 0 Å². The first-order chi connectivity index (χ1) is 18.2. The van der Waals surface area contributed by atoms with E-state index in [1.165, 1.54) is 10.2 Å². The van der Waals surface area contributed by atoms with Gasteiger partial charge >= 0.3 is 0 Å². The van der Waals surface area contributed by atoms with Gasteiger partial charge in [-0.25, -0.2) is 9.97 Å². The Morgan fingerprint density at radius 1 is 1.00 bits per heavy atom. The van der Waals surface area contributed by atoms with E-state index in [0.29, 0.717) is 28.7 Å². The number of nitrogens with zero attached hydrogens (tertiary/aromatic N) is 4. The average molecular weight is 507 g/mol. The number of carbonyl (C=O) groups is 1. The van der Waals surface area contributed by atoms with Crippen LogP contribution in [0.5, 0.6) is 5.75 Å². The van der Waals surface area contributed by atoms with Gasteiger partial charge in [-0.3, -0.25) is 4.79 Å². The van der Waals surface area contributed by atoms with Crippen LogP contribution in [0.15, 0.2) is 77.9 Å². The van der Waals surface area contributed by atoms with Crippen molar-refractivity contribution in [3.05, 3.63) is 95.1 Å². The van der Waals surface area contributed by atoms with Crippen LogP contribution in [-0.2, 0) is 12.0 Å². The third-order valence-electron chi connectivity index (χ3n) is 6.41. The zero-order chi connectivity index (χ0) is 26.9. The first-order valence-electron chi connectivity index (χ1n) is 12.4. The second kappa shape index (κ2) is 9.97. The number of methoxy groups -OCH3 is 1. The summed E-state index contributed by atoms with van der Waals surface area (Å²) in [6.07, 6.45) is 1.71. The largest absolute Gasteiger partial charge is 0.497 e. The topological polar surface area (TPSA) is 107 Å². The number of ether oxygens (including phenoxy) is 1. The van der Waals surface area contributed by atoms with Gasteiger partial charge in [0, 0.05) is 6.54 Å². The van der Waals surface area contributed by atoms with Crippen molar-refractivity contribution in [1.29, 1.82) is 0 Å². The van der Waals surface area contributed by atoms with Gasteiger partial charge in [-0.2, -0.15) is 9.78 Å². The number of benzene rings is 3. The standard InChI is InChI=1S/C30H30N6O2/c1-30(2,3)21-13-9-20(10-14-21)18-33-36-27(31)25(26-28(36)35-24-8-6-5-7-23(24)34-26)29(37)32-17-19-11-15-22(38-4)16-12-19/h5-16,18H,17,31H2,1-4H3,(H,32,37). The molecule has 2 heterocycles. The number of nitrogens with one attached hydrogen (secondary N) is 1. The monoisotopic (exact) mass is 506 g/mol. The molecule has 0 aliphatic carbocycles. The minimum Gasteiger partial charge on any atom is -0.497 e. The summed E-state index contributed by atoms with van der Waals surface area (Å²) in [6, 6.07) is 23.2. The highest BCUT2D eigenvalue weighted by molar-refractivity contribution is 6.10. The SMILES string of the molecule is COc1ccc(CNC(=O)c2c(N)n(N=Cc3ccc(C(C)(C)C)cc3)c3nc4ccccc4nc23)cc1. The maximum absolute atomic E-state index is 13.4. The van der Waals surface area contributed by atoms with Gasteiger partial charge in [0.25, 0.3) is 5.91 Å². The number of para-hydroxylation sites is 2. The van der Waals surface area contributed by atoms with E-state index in [4.69, 9.17) is 20.4 Å². The Kier molecular flexibility index (Phi) is 6.55. The average Bonchev–Trinajstić information content (AvgIpc) is 3.19. The summed E-state index contributed by atoms with van der Waals surface area (Å²) < 4.78 is 6.69. The van der Waals surface area contributed by atoms with Crippen LogP contribution in [0.2, 0.25) is 0 Å². The molecule has 0 radical (unpaired) electrons. The molecule has 8 heteroatoms. The summed E-state index contributed by atoms with van der Waals surface area (Å²) in [7, 11) is 1.61. The lowest BCUT2D eigenvalue weighted by Gasteiger charge is -2.18. The van der Waals surface area contributed by atoms with Crippen LogP contribution in [0.3, 0.4) is 0 Å². The molecular formula is C30H30N6O2. The predicted octanol–water partition coefficient (Wildman–Crippen LogP) is 5.29. The fourth-order valence-electron chi connectivity index (χ4n) is 4.20. The molecule has 38 heavy (non-hydrogen) atoms. The Hall–Kier alpha value is -4.72. The maximum Gasteiger partial charge on any atom is 0.257 e. The first kappa shape index (κ1) is 25.0. The van der Waals surface area contributed by atoms with Gasteiger partial charge in [-0.15, -0.1) is 0 Å². The third-order valence-corrected chi connectivity index (χ3v) is 6.41. The normalized spacial score (nSPS) is 11.9. The molecule has 1 amide bonds. The molecule has 0 bridgehead atoms. The molecule has 3 aromatic carbocycles. The van der Waals surface area contributed by atoms with Crippen LogP contribution in [0.1, 0.15) is 47.8 Å². The van der Waals surface area contributed by atoms with E-state index in [9.17, 15) is 4.79 Å². The van der Waals surface area contributed by atoms with Crippen LogP contribution in [0.25, 0.3) is 22.2 Å². The number of aromatic nitrogens is 3. The molecule has 3 N–H and O–H groups in total. The van der Waals surface area contributed by atoms with Crippen LogP contribution >= 0.6 is 0 Å². The van der Waals surface area contributed by atoms with Crippen LogP contribution in [-0.4, -0.2) is 33.9 Å². The summed E-state index contributed by atoms with van der Waals surface area (Å²) in [5, 5.41) is 7.56. The smallest absolute Gasteiger partial charge is 0.257 e. The van der Waals surface area contributed by atoms with Crippen molar-refractivity contribution in [3.8, 4) is 5.75 Å². The molecule has 0 spiro atoms. The van der Waals surface area contributed by atoms with Gasteiger partial charge in [0.1, 0.15) is 22.6 Å². The fourth-order valence-corrected chi connectivity index (χ4v) is 4.20. The molecule has 192 valence electrons. The van der Waals surface area contributed by atoms with Gasteiger partial charge in [-0.1, -0.05) is 69.3 Å². The van der Waals surface area contributed by atoms with Crippen molar-refractivity contribution in [2.24, 2.45) is 5.10 Å². The lowest BCUT2D eigenvalue weighted by Crippen LogP contribution is -2.23. The molecule has 0 saturated heterocycles. The summed E-state index contributed by atoms with van der Waals surface area (Å²) in [4.78, 5) is 22.9. The van der Waals surface area contributed by atoms with Crippen molar-refractivity contribution in [2.75, 3.05) is 12.8 Å². The van der Waals surface area contributed by atoms with Gasteiger partial charge in [0.05, 0.1) is 24.4 Å². The van der Waals surface area contributed by atoms with E-state index in [0.717, 1.165) is 16.9 Å². The zero-order valence-electron chi connectivity index (χ0n) is 21.9. The fraction of sp³-hybridized carbons (Fsp3) is 0.200. The summed E-state index contributed by atoms with van der Waals surface area (Å²) in [5.41, 5.74) is 12.1. The Morgan fingerprint density at radius 3 is 2.29 bits per heavy atom. The third kappa shape index (κ3) is 4.93. The molecule has 0 fully saturated rings. The summed E-state index contributed by atoms with van der Waals surface area (Å²) >= 11 is 0.